The molecular weight excluding hydrogens is 314 g/mol. The van der Waals surface area contributed by atoms with Gasteiger partial charge in [0.2, 0.25) is 0 Å². The van der Waals surface area contributed by atoms with Gasteiger partial charge in [-0.15, -0.1) is 0 Å². The maximum atomic E-state index is 12.8. The van der Waals surface area contributed by atoms with Gasteiger partial charge < -0.3 is 5.32 Å². The second-order valence-corrected chi connectivity index (χ2v) is 5.53. The Morgan fingerprint density at radius 1 is 1.00 bits per heavy atom. The molecule has 1 amide bonds. The van der Waals surface area contributed by atoms with Crippen LogP contribution in [0.5, 0.6) is 0 Å². The van der Waals surface area contributed by atoms with Gasteiger partial charge in [-0.25, -0.2) is 4.68 Å². The summed E-state index contributed by atoms with van der Waals surface area (Å²) in [5.41, 5.74) is 2.54. The predicted molar refractivity (Wildman–Crippen MR) is 98.4 cm³/mol. The van der Waals surface area contributed by atoms with E-state index < -0.39 is 5.91 Å². The van der Waals surface area contributed by atoms with E-state index in [0.717, 1.165) is 11.1 Å². The van der Waals surface area contributed by atoms with E-state index in [2.05, 4.69) is 10.4 Å². The van der Waals surface area contributed by atoms with Crippen LogP contribution in [-0.4, -0.2) is 22.7 Å². The normalized spacial score (nSPS) is 10.5. The van der Waals surface area contributed by atoms with E-state index in [9.17, 15) is 9.59 Å². The fraction of sp³-hybridized carbons (Fsp3) is 0.150. The average molecular weight is 333 g/mol. The summed E-state index contributed by atoms with van der Waals surface area (Å²) in [5, 5.41) is 7.12. The van der Waals surface area contributed by atoms with Gasteiger partial charge in [-0.3, -0.25) is 9.59 Å². The van der Waals surface area contributed by atoms with Crippen LogP contribution in [0.2, 0.25) is 0 Å². The van der Waals surface area contributed by atoms with Gasteiger partial charge in [0, 0.05) is 24.7 Å². The number of hydrogen-bond donors (Lipinski definition) is 1. The van der Waals surface area contributed by atoms with Crippen LogP contribution in [-0.2, 0) is 6.54 Å². The van der Waals surface area contributed by atoms with Gasteiger partial charge in [0.1, 0.15) is 5.56 Å². The molecule has 0 spiro atoms. The number of carbonyl (C=O) groups excluding carboxylic acids is 1. The molecule has 25 heavy (non-hydrogen) atoms. The second-order valence-electron chi connectivity index (χ2n) is 5.53. The van der Waals surface area contributed by atoms with Crippen LogP contribution in [0.3, 0.4) is 0 Å². The molecule has 5 heteroatoms. The lowest BCUT2D eigenvalue weighted by molar-refractivity contribution is 0.0961. The minimum absolute atomic E-state index is 0.115. The molecule has 0 atom stereocenters. The molecule has 0 aliphatic carbocycles. The molecule has 0 unspecified atom stereocenters. The third-order valence-corrected chi connectivity index (χ3v) is 4.02. The van der Waals surface area contributed by atoms with Gasteiger partial charge in [0.25, 0.3) is 11.5 Å². The molecule has 0 bridgehead atoms. The van der Waals surface area contributed by atoms with Crippen LogP contribution >= 0.6 is 0 Å². The summed E-state index contributed by atoms with van der Waals surface area (Å²) in [6.45, 7) is 2.22. The van der Waals surface area contributed by atoms with Crippen molar-refractivity contribution in [1.82, 2.24) is 15.1 Å². The Morgan fingerprint density at radius 3 is 2.08 bits per heavy atom. The number of carbonyl (C=O) groups is 1. The molecule has 1 N–H and O–H groups in total. The molecule has 0 aliphatic heterocycles. The molecule has 1 aromatic heterocycles. The Hall–Kier alpha value is -3.21. The predicted octanol–water partition coefficient (Wildman–Crippen LogP) is 2.96. The van der Waals surface area contributed by atoms with Crippen LogP contribution in [0.1, 0.15) is 17.3 Å². The highest BCUT2D eigenvalue weighted by atomic mass is 16.2. The zero-order valence-electron chi connectivity index (χ0n) is 14.2. The highest BCUT2D eigenvalue weighted by Crippen LogP contribution is 2.31. The fourth-order valence-electron chi connectivity index (χ4n) is 2.80. The third-order valence-electron chi connectivity index (χ3n) is 4.02. The Bertz CT molecular complexity index is 948. The number of rotatable bonds is 4. The molecule has 3 rings (SSSR count). The quantitative estimate of drug-likeness (QED) is 0.798. The summed E-state index contributed by atoms with van der Waals surface area (Å²) < 4.78 is 1.33. The Morgan fingerprint density at radius 2 is 1.56 bits per heavy atom. The minimum Gasteiger partial charge on any atom is -0.355 e. The summed E-state index contributed by atoms with van der Waals surface area (Å²) in [7, 11) is 1.52. The van der Waals surface area contributed by atoms with Gasteiger partial charge in [0.15, 0.2) is 0 Å². The van der Waals surface area contributed by atoms with Gasteiger partial charge >= 0.3 is 0 Å². The minimum atomic E-state index is -0.411. The molecule has 2 aromatic carbocycles. The highest BCUT2D eigenvalue weighted by Gasteiger charge is 2.23. The van der Waals surface area contributed by atoms with Crippen LogP contribution in [0.4, 0.5) is 0 Å². The van der Waals surface area contributed by atoms with Gasteiger partial charge in [-0.05, 0) is 12.5 Å². The molecule has 0 saturated heterocycles. The molecule has 0 aliphatic rings. The van der Waals surface area contributed by atoms with Gasteiger partial charge in [-0.1, -0.05) is 60.7 Å². The second kappa shape index (κ2) is 7.13. The molecule has 3 aromatic rings. The lowest BCUT2D eigenvalue weighted by atomic mass is 9.95. The number of nitrogens with one attached hydrogen (secondary N) is 1. The average Bonchev–Trinajstić information content (AvgIpc) is 2.68. The zero-order chi connectivity index (χ0) is 17.8. The van der Waals surface area contributed by atoms with E-state index in [4.69, 9.17) is 0 Å². The molecule has 126 valence electrons. The zero-order valence-corrected chi connectivity index (χ0v) is 14.2. The number of benzene rings is 2. The number of hydrogen-bond acceptors (Lipinski definition) is 3. The van der Waals surface area contributed by atoms with Crippen LogP contribution in [0.25, 0.3) is 22.4 Å². The van der Waals surface area contributed by atoms with Crippen molar-refractivity contribution in [1.29, 1.82) is 0 Å². The highest BCUT2D eigenvalue weighted by molar-refractivity contribution is 6.03. The molecule has 0 radical (unpaired) electrons. The summed E-state index contributed by atoms with van der Waals surface area (Å²) in [6.07, 6.45) is 0. The van der Waals surface area contributed by atoms with Crippen molar-refractivity contribution in [2.24, 2.45) is 0 Å². The first-order chi connectivity index (χ1) is 12.2. The number of nitrogens with zero attached hydrogens (tertiary/aromatic N) is 2. The molecular formula is C20H19N3O2. The van der Waals surface area contributed by atoms with E-state index in [0.29, 0.717) is 17.8 Å². The first-order valence-electron chi connectivity index (χ1n) is 8.15. The first kappa shape index (κ1) is 16.6. The molecule has 0 saturated carbocycles. The molecule has 5 nitrogen and oxygen atoms in total. The third kappa shape index (κ3) is 3.08. The summed E-state index contributed by atoms with van der Waals surface area (Å²) in [6, 6.07) is 19.0. The van der Waals surface area contributed by atoms with E-state index >= 15 is 0 Å². The van der Waals surface area contributed by atoms with Crippen molar-refractivity contribution < 1.29 is 4.79 Å². The topological polar surface area (TPSA) is 64.0 Å². The lowest BCUT2D eigenvalue weighted by Gasteiger charge is -2.16. The SMILES string of the molecule is CCn1nc(-c2ccccc2)c(-c2ccccc2)c(C(=O)NC)c1=O. The maximum absolute atomic E-state index is 12.8. The monoisotopic (exact) mass is 333 g/mol. The summed E-state index contributed by atoms with van der Waals surface area (Å²) >= 11 is 0. The number of amides is 1. The fourth-order valence-corrected chi connectivity index (χ4v) is 2.80. The van der Waals surface area contributed by atoms with E-state index in [1.165, 1.54) is 11.7 Å². The number of aryl methyl sites for hydroxylation is 1. The Labute approximate surface area is 145 Å². The first-order valence-corrected chi connectivity index (χ1v) is 8.15. The summed E-state index contributed by atoms with van der Waals surface area (Å²) in [5.74, 6) is -0.411. The van der Waals surface area contributed by atoms with Crippen LogP contribution in [0.15, 0.2) is 65.5 Å². The van der Waals surface area contributed by atoms with Crippen molar-refractivity contribution in [3.05, 3.63) is 76.6 Å². The summed E-state index contributed by atoms with van der Waals surface area (Å²) in [4.78, 5) is 25.3. The van der Waals surface area contributed by atoms with E-state index in [-0.39, 0.29) is 11.1 Å². The lowest BCUT2D eigenvalue weighted by Crippen LogP contribution is -2.34. The standard InChI is InChI=1S/C20H19N3O2/c1-3-23-20(25)17(19(24)21-2)16(14-10-6-4-7-11-14)18(22-23)15-12-8-5-9-13-15/h4-13H,3H2,1-2H3,(H,21,24). The largest absolute Gasteiger partial charge is 0.355 e. The Balaban J connectivity index is 2.45. The van der Waals surface area contributed by atoms with Crippen molar-refractivity contribution in [2.75, 3.05) is 7.05 Å². The maximum Gasteiger partial charge on any atom is 0.280 e. The van der Waals surface area contributed by atoms with Crippen molar-refractivity contribution in [3.63, 3.8) is 0 Å². The Kier molecular flexibility index (Phi) is 4.75. The van der Waals surface area contributed by atoms with Crippen LogP contribution < -0.4 is 10.9 Å². The van der Waals surface area contributed by atoms with Crippen molar-refractivity contribution in [3.8, 4) is 22.4 Å². The van der Waals surface area contributed by atoms with E-state index in [1.807, 2.05) is 67.6 Å². The van der Waals surface area contributed by atoms with Crippen LogP contribution in [0, 0.1) is 0 Å². The molecule has 1 heterocycles. The number of aromatic nitrogens is 2. The van der Waals surface area contributed by atoms with Gasteiger partial charge in [-0.2, -0.15) is 5.10 Å². The van der Waals surface area contributed by atoms with Crippen molar-refractivity contribution >= 4 is 5.91 Å². The smallest absolute Gasteiger partial charge is 0.280 e. The van der Waals surface area contributed by atoms with Gasteiger partial charge in [0.05, 0.1) is 5.69 Å². The van der Waals surface area contributed by atoms with E-state index in [1.54, 1.807) is 0 Å². The van der Waals surface area contributed by atoms with Crippen molar-refractivity contribution in [2.45, 2.75) is 13.5 Å². The molecule has 0 fully saturated rings.